The number of ketones is 1. The summed E-state index contributed by atoms with van der Waals surface area (Å²) in [6.45, 7) is 2.20. The molecule has 0 atom stereocenters. The molecule has 1 aromatic rings. The van der Waals surface area contributed by atoms with Gasteiger partial charge in [-0.25, -0.2) is 12.7 Å². The van der Waals surface area contributed by atoms with Crippen LogP contribution in [-0.4, -0.2) is 35.7 Å². The van der Waals surface area contributed by atoms with Crippen molar-refractivity contribution >= 4 is 44.7 Å². The van der Waals surface area contributed by atoms with E-state index in [9.17, 15) is 18.0 Å². The Hall–Kier alpha value is -0.920. The zero-order chi connectivity index (χ0) is 13.7. The predicted octanol–water partition coefficient (Wildman–Crippen LogP) is 1.53. The molecule has 18 heavy (non-hydrogen) atoms. The van der Waals surface area contributed by atoms with Crippen molar-refractivity contribution in [3.63, 3.8) is 0 Å². The molecule has 8 heteroatoms. The molecule has 0 aromatic carbocycles. The first-order valence-electron chi connectivity index (χ1n) is 5.03. The zero-order valence-corrected chi connectivity index (χ0v) is 12.0. The van der Waals surface area contributed by atoms with Gasteiger partial charge in [0.2, 0.25) is 0 Å². The van der Waals surface area contributed by atoms with Gasteiger partial charge in [0.05, 0.1) is 9.21 Å². The van der Waals surface area contributed by atoms with Crippen LogP contribution >= 0.6 is 22.9 Å². The highest BCUT2D eigenvalue weighted by molar-refractivity contribution is 7.94. The molecule has 98 valence electrons. The maximum Gasteiger partial charge on any atom is 0.259 e. The van der Waals surface area contributed by atoms with E-state index < -0.39 is 33.0 Å². The Kier molecular flexibility index (Phi) is 3.03. The Labute approximate surface area is 113 Å². The molecule has 5 nitrogen and oxygen atoms in total. The van der Waals surface area contributed by atoms with Gasteiger partial charge in [0.1, 0.15) is 6.54 Å². The monoisotopic (exact) mass is 307 g/mol. The number of nitrogens with zero attached hydrogens (tertiary/aromatic N) is 1. The zero-order valence-electron chi connectivity index (χ0n) is 9.64. The van der Waals surface area contributed by atoms with Crippen molar-refractivity contribution in [2.24, 2.45) is 0 Å². The molecule has 1 aliphatic rings. The maximum absolute atomic E-state index is 11.8. The number of Topliss-reactive ketones (excluding diaryl/α,β-unsaturated/α-hetero) is 1. The fourth-order valence-corrected chi connectivity index (χ4v) is 4.04. The molecule has 0 bridgehead atoms. The molecular weight excluding hydrogens is 298 g/mol. The minimum atomic E-state index is -3.71. The van der Waals surface area contributed by atoms with E-state index >= 15 is 0 Å². The van der Waals surface area contributed by atoms with Crippen LogP contribution in [0.25, 0.3) is 0 Å². The van der Waals surface area contributed by atoms with Crippen molar-refractivity contribution in [2.45, 2.75) is 18.6 Å². The number of thiophene rings is 1. The number of halogens is 1. The third-order valence-corrected chi connectivity index (χ3v) is 6.42. The third kappa shape index (κ3) is 1.77. The molecular formula is C10H10ClNO4S2. The van der Waals surface area contributed by atoms with Gasteiger partial charge in [-0.2, -0.15) is 0 Å². The first kappa shape index (κ1) is 13.5. The van der Waals surface area contributed by atoms with Crippen LogP contribution in [0.5, 0.6) is 0 Å². The number of rotatable bonds is 3. The van der Waals surface area contributed by atoms with Gasteiger partial charge in [-0.05, 0) is 26.0 Å². The summed E-state index contributed by atoms with van der Waals surface area (Å²) in [7, 11) is -3.71. The summed E-state index contributed by atoms with van der Waals surface area (Å²) in [4.78, 5) is 23.8. The summed E-state index contributed by atoms with van der Waals surface area (Å²) in [6.07, 6.45) is 0. The van der Waals surface area contributed by atoms with Gasteiger partial charge in [0.15, 0.2) is 10.5 Å². The third-order valence-electron chi connectivity index (χ3n) is 2.81. The van der Waals surface area contributed by atoms with Crippen molar-refractivity contribution in [1.82, 2.24) is 4.31 Å². The standard InChI is InChI=1S/C10H10ClNO4S2/c1-10(2)9(14)12(18(10,15)16)5-6(13)7-3-4-8(11)17-7/h3-4H,5H2,1-2H3. The van der Waals surface area contributed by atoms with Crippen LogP contribution in [0.4, 0.5) is 0 Å². The number of carbonyl (C=O) groups excluding carboxylic acids is 2. The van der Waals surface area contributed by atoms with E-state index in [-0.39, 0.29) is 0 Å². The highest BCUT2D eigenvalue weighted by Crippen LogP contribution is 2.35. The Bertz CT molecular complexity index is 632. The van der Waals surface area contributed by atoms with Crippen LogP contribution in [0, 0.1) is 0 Å². The minimum Gasteiger partial charge on any atom is -0.291 e. The molecule has 0 radical (unpaired) electrons. The molecule has 1 amide bonds. The highest BCUT2D eigenvalue weighted by Gasteiger charge is 2.60. The van der Waals surface area contributed by atoms with Gasteiger partial charge in [-0.3, -0.25) is 9.59 Å². The largest absolute Gasteiger partial charge is 0.291 e. The molecule has 0 aliphatic carbocycles. The lowest BCUT2D eigenvalue weighted by Gasteiger charge is -2.42. The minimum absolute atomic E-state index is 0.340. The number of hydrogen-bond donors (Lipinski definition) is 0. The summed E-state index contributed by atoms with van der Waals surface area (Å²) in [5.74, 6) is -0.988. The van der Waals surface area contributed by atoms with Crippen molar-refractivity contribution < 1.29 is 18.0 Å². The summed E-state index contributed by atoms with van der Waals surface area (Å²) in [6, 6.07) is 3.06. The quantitative estimate of drug-likeness (QED) is 0.794. The Morgan fingerprint density at radius 1 is 1.44 bits per heavy atom. The molecule has 0 saturated carbocycles. The molecule has 0 unspecified atom stereocenters. The van der Waals surface area contributed by atoms with Crippen LogP contribution < -0.4 is 0 Å². The van der Waals surface area contributed by atoms with E-state index in [4.69, 9.17) is 11.6 Å². The van der Waals surface area contributed by atoms with Crippen LogP contribution in [0.15, 0.2) is 12.1 Å². The SMILES string of the molecule is CC1(C)C(=O)N(CC(=O)c2ccc(Cl)s2)S1(=O)=O. The predicted molar refractivity (Wildman–Crippen MR) is 68.4 cm³/mol. The molecule has 2 rings (SSSR count). The fourth-order valence-electron chi connectivity index (χ4n) is 1.59. The average Bonchev–Trinajstić information content (AvgIpc) is 2.71. The van der Waals surface area contributed by atoms with Crippen LogP contribution in [0.3, 0.4) is 0 Å². The van der Waals surface area contributed by atoms with Gasteiger partial charge < -0.3 is 0 Å². The van der Waals surface area contributed by atoms with Gasteiger partial charge in [-0.15, -0.1) is 11.3 Å². The van der Waals surface area contributed by atoms with Crippen molar-refractivity contribution in [2.75, 3.05) is 6.54 Å². The maximum atomic E-state index is 11.8. The summed E-state index contributed by atoms with van der Waals surface area (Å²) in [5.41, 5.74) is 0. The van der Waals surface area contributed by atoms with Gasteiger partial charge in [0.25, 0.3) is 15.9 Å². The first-order valence-corrected chi connectivity index (χ1v) is 7.66. The molecule has 0 N–H and O–H groups in total. The fraction of sp³-hybridized carbons (Fsp3) is 0.400. The number of sulfonamides is 1. The Balaban J connectivity index is 2.18. The summed E-state index contributed by atoms with van der Waals surface area (Å²) >= 11 is 6.74. The van der Waals surface area contributed by atoms with Crippen LogP contribution in [-0.2, 0) is 14.8 Å². The van der Waals surface area contributed by atoms with Crippen molar-refractivity contribution in [1.29, 1.82) is 0 Å². The molecule has 0 spiro atoms. The van der Waals surface area contributed by atoms with E-state index in [2.05, 4.69) is 0 Å². The average molecular weight is 308 g/mol. The molecule has 2 heterocycles. The molecule has 1 aliphatic heterocycles. The first-order chi connectivity index (χ1) is 8.18. The van der Waals surface area contributed by atoms with Crippen LogP contribution in [0.2, 0.25) is 4.34 Å². The van der Waals surface area contributed by atoms with E-state index in [0.717, 1.165) is 11.3 Å². The number of carbonyl (C=O) groups is 2. The van der Waals surface area contributed by atoms with E-state index in [1.54, 1.807) is 6.07 Å². The Morgan fingerprint density at radius 3 is 2.50 bits per heavy atom. The van der Waals surface area contributed by atoms with E-state index in [0.29, 0.717) is 13.5 Å². The molecule has 1 saturated heterocycles. The van der Waals surface area contributed by atoms with Gasteiger partial charge in [0, 0.05) is 0 Å². The van der Waals surface area contributed by atoms with Gasteiger partial charge in [-0.1, -0.05) is 11.6 Å². The summed E-state index contributed by atoms with van der Waals surface area (Å²) < 4.78 is 23.2. The smallest absolute Gasteiger partial charge is 0.259 e. The lowest BCUT2D eigenvalue weighted by Crippen LogP contribution is -2.68. The van der Waals surface area contributed by atoms with Crippen molar-refractivity contribution in [3.8, 4) is 0 Å². The second-order valence-corrected chi connectivity index (χ2v) is 8.48. The second-order valence-electron chi connectivity index (χ2n) is 4.35. The van der Waals surface area contributed by atoms with E-state index in [1.807, 2.05) is 0 Å². The summed E-state index contributed by atoms with van der Waals surface area (Å²) in [5, 5.41) is 0. The normalized spacial score (nSPS) is 20.6. The molecule has 1 fully saturated rings. The van der Waals surface area contributed by atoms with E-state index in [1.165, 1.54) is 19.9 Å². The number of hydrogen-bond acceptors (Lipinski definition) is 5. The highest BCUT2D eigenvalue weighted by atomic mass is 35.5. The lowest BCUT2D eigenvalue weighted by atomic mass is 10.2. The lowest BCUT2D eigenvalue weighted by molar-refractivity contribution is -0.131. The molecule has 1 aromatic heterocycles. The number of amides is 1. The topological polar surface area (TPSA) is 71.5 Å². The van der Waals surface area contributed by atoms with Crippen molar-refractivity contribution in [3.05, 3.63) is 21.3 Å². The van der Waals surface area contributed by atoms with Gasteiger partial charge >= 0.3 is 0 Å². The Morgan fingerprint density at radius 2 is 2.06 bits per heavy atom. The second kappa shape index (κ2) is 4.04. The van der Waals surface area contributed by atoms with Crippen LogP contribution in [0.1, 0.15) is 23.5 Å².